The summed E-state index contributed by atoms with van der Waals surface area (Å²) < 4.78 is 47.5. The van der Waals surface area contributed by atoms with E-state index in [4.69, 9.17) is 24.1 Å². The lowest BCUT2D eigenvalue weighted by Crippen LogP contribution is -2.50. The molecule has 1 saturated carbocycles. The van der Waals surface area contributed by atoms with Gasteiger partial charge in [-0.2, -0.15) is 9.97 Å². The minimum atomic E-state index is -2.22. The average molecular weight is 880 g/mol. The number of nitrogens with zero attached hydrogens (tertiary/aromatic N) is 5. The molecule has 11 heteroatoms. The number of piperidine rings is 1. The fourth-order valence-electron chi connectivity index (χ4n) is 11.9. The van der Waals surface area contributed by atoms with Crippen LogP contribution in [0.4, 0.5) is 14.6 Å². The van der Waals surface area contributed by atoms with Crippen molar-refractivity contribution in [2.24, 2.45) is 11.8 Å². The molecule has 2 aromatic heterocycles. The lowest BCUT2D eigenvalue weighted by atomic mass is 9.94. The zero-order valence-electron chi connectivity index (χ0n) is 39.6. The normalized spacial score (nSPS) is 23.3. The van der Waals surface area contributed by atoms with Crippen molar-refractivity contribution in [3.8, 4) is 28.7 Å². The molecule has 4 aromatic rings. The molecule has 62 heavy (non-hydrogen) atoms. The minimum Gasteiger partial charge on any atom is -0.461 e. The van der Waals surface area contributed by atoms with Crippen LogP contribution in [-0.4, -0.2) is 80.7 Å². The highest BCUT2D eigenvalue weighted by atomic mass is 28.4. The fraction of sp³-hybridized carbons (Fsp3) is 0.627. The van der Waals surface area contributed by atoms with Crippen LogP contribution < -0.4 is 9.64 Å². The number of aromatic nitrogens is 3. The van der Waals surface area contributed by atoms with Gasteiger partial charge in [0.25, 0.3) is 0 Å². The zero-order chi connectivity index (χ0) is 44.5. The van der Waals surface area contributed by atoms with Crippen molar-refractivity contribution >= 4 is 43.9 Å². The van der Waals surface area contributed by atoms with Gasteiger partial charge in [-0.15, -0.1) is 5.54 Å². The van der Waals surface area contributed by atoms with E-state index in [1.165, 1.54) is 25.3 Å². The summed E-state index contributed by atoms with van der Waals surface area (Å²) in [6.45, 7) is 31.0. The molecule has 4 fully saturated rings. The van der Waals surface area contributed by atoms with E-state index in [0.717, 1.165) is 62.9 Å². The number of hydrogen-bond donors (Lipinski definition) is 0. The maximum atomic E-state index is 17.7. The van der Waals surface area contributed by atoms with Crippen LogP contribution in [0.25, 0.3) is 32.9 Å². The van der Waals surface area contributed by atoms with Crippen LogP contribution in [0.3, 0.4) is 0 Å². The molecule has 334 valence electrons. The van der Waals surface area contributed by atoms with E-state index in [1.807, 2.05) is 19.1 Å². The highest BCUT2D eigenvalue weighted by Gasteiger charge is 2.51. The van der Waals surface area contributed by atoms with Gasteiger partial charge in [0.15, 0.2) is 14.1 Å². The Morgan fingerprint density at radius 3 is 2.29 bits per heavy atom. The van der Waals surface area contributed by atoms with Crippen LogP contribution in [0.2, 0.25) is 34.8 Å². The van der Waals surface area contributed by atoms with Gasteiger partial charge in [0, 0.05) is 42.9 Å². The van der Waals surface area contributed by atoms with Gasteiger partial charge < -0.3 is 14.1 Å². The summed E-state index contributed by atoms with van der Waals surface area (Å²) >= 11 is 0. The fourth-order valence-corrected chi connectivity index (χ4v) is 18.2. The van der Waals surface area contributed by atoms with Gasteiger partial charge in [0.2, 0.25) is 0 Å². The Labute approximate surface area is 372 Å². The van der Waals surface area contributed by atoms with Gasteiger partial charge in [0.1, 0.15) is 37.5 Å². The van der Waals surface area contributed by atoms with E-state index in [0.29, 0.717) is 68.8 Å². The first-order valence-corrected chi connectivity index (χ1v) is 28.8. The molecule has 5 heterocycles. The highest BCUT2D eigenvalue weighted by molar-refractivity contribution is 6.90. The second-order valence-electron chi connectivity index (χ2n) is 22.0. The summed E-state index contributed by atoms with van der Waals surface area (Å²) in [5.74, 6) is 4.33. The summed E-state index contributed by atoms with van der Waals surface area (Å²) in [4.78, 5) is 19.9. The van der Waals surface area contributed by atoms with Crippen molar-refractivity contribution in [3.05, 3.63) is 53.2 Å². The number of aryl methyl sites for hydroxylation is 1. The molecular formula is C51H71F2N5O2Si2. The Bertz CT molecular complexity index is 2370. The van der Waals surface area contributed by atoms with E-state index in [2.05, 4.69) is 96.7 Å². The van der Waals surface area contributed by atoms with Crippen molar-refractivity contribution in [2.45, 2.75) is 161 Å². The first kappa shape index (κ1) is 45.1. The van der Waals surface area contributed by atoms with Crippen molar-refractivity contribution in [1.82, 2.24) is 19.9 Å². The second-order valence-corrected chi connectivity index (χ2v) is 32.4. The molecule has 0 N–H and O–H groups in total. The number of ether oxygens (including phenoxy) is 1. The van der Waals surface area contributed by atoms with Gasteiger partial charge in [-0.1, -0.05) is 80.4 Å². The van der Waals surface area contributed by atoms with E-state index >= 15 is 8.78 Å². The molecule has 8 rings (SSSR count). The van der Waals surface area contributed by atoms with Gasteiger partial charge in [-0.05, 0) is 128 Å². The molecule has 3 saturated heterocycles. The first-order chi connectivity index (χ1) is 29.2. The van der Waals surface area contributed by atoms with Crippen LogP contribution >= 0.6 is 0 Å². The molecule has 0 amide bonds. The summed E-state index contributed by atoms with van der Waals surface area (Å²) in [5.41, 5.74) is 6.81. The lowest BCUT2D eigenvalue weighted by molar-refractivity contribution is 0.0663. The summed E-state index contributed by atoms with van der Waals surface area (Å²) in [6.07, 6.45) is 9.62. The third kappa shape index (κ3) is 8.02. The average Bonchev–Trinajstić information content (AvgIpc) is 3.88. The minimum absolute atomic E-state index is 0.130. The van der Waals surface area contributed by atoms with Crippen LogP contribution in [0.1, 0.15) is 118 Å². The van der Waals surface area contributed by atoms with Crippen LogP contribution in [0.5, 0.6) is 6.01 Å². The van der Waals surface area contributed by atoms with Crippen molar-refractivity contribution < 1.29 is 17.9 Å². The number of halogens is 2. The molecule has 2 bridgehead atoms. The third-order valence-electron chi connectivity index (χ3n) is 16.2. The molecule has 4 aliphatic rings. The maximum Gasteiger partial charge on any atom is 0.319 e. The SMILES string of the molecule is Cc1cc(-c2ncc3c(N4CC5CCC(C5)C4)nc(OCC45CCCN4[C@@H](CO[Si](C)(C)C(C)(C)C)CC5)nc3c2F)c2c(C#C[Si](C(C)C)(C(C)C)C(C)C)c(F)ccc2c1. The monoisotopic (exact) mass is 880 g/mol. The zero-order valence-corrected chi connectivity index (χ0v) is 41.6. The Morgan fingerprint density at radius 2 is 1.63 bits per heavy atom. The Hall–Kier alpha value is -3.44. The van der Waals surface area contributed by atoms with E-state index in [1.54, 1.807) is 12.3 Å². The first-order valence-electron chi connectivity index (χ1n) is 23.7. The largest absolute Gasteiger partial charge is 0.461 e. The highest BCUT2D eigenvalue weighted by Crippen LogP contribution is 2.46. The summed E-state index contributed by atoms with van der Waals surface area (Å²) in [7, 11) is -4.12. The van der Waals surface area contributed by atoms with E-state index in [-0.39, 0.29) is 27.8 Å². The predicted octanol–water partition coefficient (Wildman–Crippen LogP) is 12.6. The Kier molecular flexibility index (Phi) is 12.3. The molecule has 4 atom stereocenters. The smallest absolute Gasteiger partial charge is 0.319 e. The molecule has 3 unspecified atom stereocenters. The number of pyridine rings is 1. The lowest BCUT2D eigenvalue weighted by Gasteiger charge is -2.39. The molecule has 0 spiro atoms. The van der Waals surface area contributed by atoms with Gasteiger partial charge in [0.05, 0.1) is 16.5 Å². The van der Waals surface area contributed by atoms with Crippen LogP contribution in [-0.2, 0) is 4.43 Å². The third-order valence-corrected chi connectivity index (χ3v) is 27.0. The Morgan fingerprint density at radius 1 is 0.935 bits per heavy atom. The molecule has 2 aromatic carbocycles. The molecule has 0 radical (unpaired) electrons. The molecule has 7 nitrogen and oxygen atoms in total. The number of hydrogen-bond acceptors (Lipinski definition) is 7. The molecule has 3 aliphatic heterocycles. The summed E-state index contributed by atoms with van der Waals surface area (Å²) in [6, 6.07) is 7.77. The van der Waals surface area contributed by atoms with E-state index < -0.39 is 28.0 Å². The van der Waals surface area contributed by atoms with Crippen LogP contribution in [0.15, 0.2) is 30.5 Å². The Balaban J connectivity index is 1.21. The van der Waals surface area contributed by atoms with Gasteiger partial charge >= 0.3 is 6.01 Å². The van der Waals surface area contributed by atoms with Crippen molar-refractivity contribution in [3.63, 3.8) is 0 Å². The molecular weight excluding hydrogens is 809 g/mol. The van der Waals surface area contributed by atoms with Crippen LogP contribution in [0, 0.1) is 41.9 Å². The standard InChI is InChI=1S/C51H71F2N5O2Si2/c1-32(2)62(33(3)4,34(5)6)23-19-40-43(52)17-16-38-24-35(7)25-41(44(38)40)46-45(53)47-42(27-54-46)48(57-28-36-14-15-37(26-36)29-57)56-49(55-47)59-31-51-20-13-22-58(51)39(18-21-51)30-60-61(11,12)50(8,9)10/h16-17,24-25,27,32-34,36-37,39H,13-15,18,20-22,26,28-31H2,1-12H3/t36?,37?,39-,51?/m1/s1. The van der Waals surface area contributed by atoms with Crippen molar-refractivity contribution in [1.29, 1.82) is 0 Å². The predicted molar refractivity (Wildman–Crippen MR) is 256 cm³/mol. The quantitative estimate of drug-likeness (QED) is 0.110. The second kappa shape index (κ2) is 16.8. The van der Waals surface area contributed by atoms with Crippen molar-refractivity contribution in [2.75, 3.05) is 37.7 Å². The molecule has 1 aliphatic carbocycles. The number of benzene rings is 2. The number of anilines is 1. The van der Waals surface area contributed by atoms with Gasteiger partial charge in [-0.25, -0.2) is 8.78 Å². The number of fused-ring (bicyclic) bond motifs is 5. The van der Waals surface area contributed by atoms with E-state index in [9.17, 15) is 0 Å². The summed E-state index contributed by atoms with van der Waals surface area (Å²) in [5, 5.41) is 2.12. The van der Waals surface area contributed by atoms with Gasteiger partial charge in [-0.3, -0.25) is 9.88 Å². The number of rotatable bonds is 11. The maximum absolute atomic E-state index is 17.7. The topological polar surface area (TPSA) is 63.6 Å².